The quantitative estimate of drug-likeness (QED) is 0.921. The van der Waals surface area contributed by atoms with E-state index < -0.39 is 0 Å². The van der Waals surface area contributed by atoms with Gasteiger partial charge in [-0.25, -0.2) is 0 Å². The van der Waals surface area contributed by atoms with Gasteiger partial charge in [-0.15, -0.1) is 0 Å². The summed E-state index contributed by atoms with van der Waals surface area (Å²) >= 11 is 6.44. The molecule has 2 rings (SSSR count). The van der Waals surface area contributed by atoms with E-state index in [4.69, 9.17) is 16.3 Å². The molecule has 0 aromatic heterocycles. The Balaban J connectivity index is 2.03. The van der Waals surface area contributed by atoms with Crippen LogP contribution in [0.2, 0.25) is 5.02 Å². The molecule has 0 spiro atoms. The predicted molar refractivity (Wildman–Crippen MR) is 85.7 cm³/mol. The molecule has 1 N–H and O–H groups in total. The monoisotopic (exact) mass is 296 g/mol. The molecule has 1 heterocycles. The minimum absolute atomic E-state index is 0.117. The Kier molecular flexibility index (Phi) is 4.95. The zero-order valence-electron chi connectivity index (χ0n) is 12.9. The highest BCUT2D eigenvalue weighted by molar-refractivity contribution is 6.33. The molecule has 1 aromatic rings. The average Bonchev–Trinajstić information content (AvgIpc) is 2.84. The molecule has 4 heteroatoms. The molecule has 112 valence electrons. The van der Waals surface area contributed by atoms with Gasteiger partial charge in [-0.3, -0.25) is 0 Å². The van der Waals surface area contributed by atoms with Crippen molar-refractivity contribution in [1.82, 2.24) is 5.32 Å². The lowest BCUT2D eigenvalue weighted by Gasteiger charge is -2.22. The van der Waals surface area contributed by atoms with E-state index >= 15 is 0 Å². The van der Waals surface area contributed by atoms with E-state index in [1.807, 2.05) is 0 Å². The number of halogens is 1. The number of ether oxygens (including phenoxy) is 1. The second-order valence-corrected chi connectivity index (χ2v) is 6.89. The van der Waals surface area contributed by atoms with Crippen molar-refractivity contribution in [2.24, 2.45) is 0 Å². The van der Waals surface area contributed by atoms with Crippen molar-refractivity contribution in [1.29, 1.82) is 0 Å². The molecular formula is C16H25ClN2O. The number of rotatable bonds is 4. The first-order chi connectivity index (χ1) is 9.39. The molecule has 0 amide bonds. The summed E-state index contributed by atoms with van der Waals surface area (Å²) in [5.74, 6) is 0. The third-order valence-electron chi connectivity index (χ3n) is 3.65. The van der Waals surface area contributed by atoms with Crippen molar-refractivity contribution in [2.45, 2.75) is 45.4 Å². The SMILES string of the molecule is COC1CCN(c2ccc(CNC(C)(C)C)cc2Cl)C1. The Bertz CT molecular complexity index is 456. The number of benzene rings is 1. The number of hydrogen-bond donors (Lipinski definition) is 1. The molecule has 1 unspecified atom stereocenters. The zero-order chi connectivity index (χ0) is 14.8. The van der Waals surface area contributed by atoms with Gasteiger partial charge in [-0.1, -0.05) is 17.7 Å². The van der Waals surface area contributed by atoms with Crippen molar-refractivity contribution in [3.63, 3.8) is 0 Å². The molecule has 20 heavy (non-hydrogen) atoms. The van der Waals surface area contributed by atoms with Crippen molar-refractivity contribution >= 4 is 17.3 Å². The maximum atomic E-state index is 6.44. The average molecular weight is 297 g/mol. The van der Waals surface area contributed by atoms with Crippen LogP contribution in [-0.4, -0.2) is 31.8 Å². The van der Waals surface area contributed by atoms with Crippen LogP contribution in [0.15, 0.2) is 18.2 Å². The third-order valence-corrected chi connectivity index (χ3v) is 3.96. The molecule has 3 nitrogen and oxygen atoms in total. The molecule has 1 aliphatic rings. The summed E-state index contributed by atoms with van der Waals surface area (Å²) in [6.45, 7) is 9.27. The number of nitrogens with zero attached hydrogens (tertiary/aromatic N) is 1. The Hall–Kier alpha value is -0.770. The van der Waals surface area contributed by atoms with E-state index in [1.54, 1.807) is 7.11 Å². The lowest BCUT2D eigenvalue weighted by Crippen LogP contribution is -2.35. The van der Waals surface area contributed by atoms with E-state index in [1.165, 1.54) is 5.56 Å². The van der Waals surface area contributed by atoms with Gasteiger partial charge in [0, 0.05) is 32.3 Å². The number of nitrogens with one attached hydrogen (secondary N) is 1. The Morgan fingerprint density at radius 2 is 2.15 bits per heavy atom. The Labute approximate surface area is 127 Å². The van der Waals surface area contributed by atoms with E-state index in [9.17, 15) is 0 Å². The van der Waals surface area contributed by atoms with Crippen LogP contribution >= 0.6 is 11.6 Å². The van der Waals surface area contributed by atoms with Crippen LogP contribution in [0.3, 0.4) is 0 Å². The zero-order valence-corrected chi connectivity index (χ0v) is 13.6. The molecule has 1 fully saturated rings. The molecular weight excluding hydrogens is 272 g/mol. The summed E-state index contributed by atoms with van der Waals surface area (Å²) in [5, 5.41) is 4.31. The van der Waals surface area contributed by atoms with Gasteiger partial charge < -0.3 is 15.0 Å². The first-order valence-corrected chi connectivity index (χ1v) is 7.58. The van der Waals surface area contributed by atoms with Crippen LogP contribution in [0.1, 0.15) is 32.8 Å². The van der Waals surface area contributed by atoms with Gasteiger partial charge in [0.15, 0.2) is 0 Å². The van der Waals surface area contributed by atoms with Crippen molar-refractivity contribution in [2.75, 3.05) is 25.1 Å². The molecule has 1 aromatic carbocycles. The molecule has 0 bridgehead atoms. The van der Waals surface area contributed by atoms with Gasteiger partial charge in [0.2, 0.25) is 0 Å². The van der Waals surface area contributed by atoms with Gasteiger partial charge in [0.25, 0.3) is 0 Å². The molecule has 0 aliphatic carbocycles. The first-order valence-electron chi connectivity index (χ1n) is 7.20. The number of hydrogen-bond acceptors (Lipinski definition) is 3. The largest absolute Gasteiger partial charge is 0.380 e. The van der Waals surface area contributed by atoms with Crippen LogP contribution < -0.4 is 10.2 Å². The van der Waals surface area contributed by atoms with E-state index in [0.717, 1.165) is 36.8 Å². The smallest absolute Gasteiger partial charge is 0.0762 e. The summed E-state index contributed by atoms with van der Waals surface area (Å²) in [6, 6.07) is 6.34. The fraction of sp³-hybridized carbons (Fsp3) is 0.625. The van der Waals surface area contributed by atoms with Crippen LogP contribution in [-0.2, 0) is 11.3 Å². The molecule has 1 saturated heterocycles. The van der Waals surface area contributed by atoms with Crippen molar-refractivity contribution in [3.05, 3.63) is 28.8 Å². The highest BCUT2D eigenvalue weighted by Crippen LogP contribution is 2.30. The molecule has 0 saturated carbocycles. The van der Waals surface area contributed by atoms with Crippen molar-refractivity contribution in [3.8, 4) is 0 Å². The Morgan fingerprint density at radius 1 is 1.40 bits per heavy atom. The normalized spacial score (nSPS) is 19.6. The maximum absolute atomic E-state index is 6.44. The van der Waals surface area contributed by atoms with E-state index in [-0.39, 0.29) is 5.54 Å². The summed E-state index contributed by atoms with van der Waals surface area (Å²) in [6.07, 6.45) is 1.40. The first kappa shape index (κ1) is 15.6. The summed E-state index contributed by atoms with van der Waals surface area (Å²) in [4.78, 5) is 2.30. The van der Waals surface area contributed by atoms with Crippen LogP contribution in [0.5, 0.6) is 0 Å². The number of methoxy groups -OCH3 is 1. The van der Waals surface area contributed by atoms with Gasteiger partial charge in [-0.05, 0) is 44.9 Å². The lowest BCUT2D eigenvalue weighted by atomic mass is 10.1. The fourth-order valence-electron chi connectivity index (χ4n) is 2.42. The third kappa shape index (κ3) is 4.11. The maximum Gasteiger partial charge on any atom is 0.0762 e. The number of anilines is 1. The Morgan fingerprint density at radius 3 is 2.70 bits per heavy atom. The highest BCUT2D eigenvalue weighted by Gasteiger charge is 2.23. The lowest BCUT2D eigenvalue weighted by molar-refractivity contribution is 0.121. The second-order valence-electron chi connectivity index (χ2n) is 6.48. The van der Waals surface area contributed by atoms with Gasteiger partial charge in [-0.2, -0.15) is 0 Å². The summed E-state index contributed by atoms with van der Waals surface area (Å²) < 4.78 is 5.41. The molecule has 0 radical (unpaired) electrons. The van der Waals surface area contributed by atoms with E-state index in [2.05, 4.69) is 49.2 Å². The summed E-state index contributed by atoms with van der Waals surface area (Å²) in [7, 11) is 1.77. The second kappa shape index (κ2) is 6.33. The van der Waals surface area contributed by atoms with Crippen LogP contribution in [0.25, 0.3) is 0 Å². The van der Waals surface area contributed by atoms with Crippen LogP contribution in [0.4, 0.5) is 5.69 Å². The molecule has 1 atom stereocenters. The van der Waals surface area contributed by atoms with Crippen LogP contribution in [0, 0.1) is 0 Å². The fourth-order valence-corrected chi connectivity index (χ4v) is 2.75. The summed E-state index contributed by atoms with van der Waals surface area (Å²) in [5.41, 5.74) is 2.45. The standard InChI is InChI=1S/C16H25ClN2O/c1-16(2,3)18-10-12-5-6-15(14(17)9-12)19-8-7-13(11-19)20-4/h5-6,9,13,18H,7-8,10-11H2,1-4H3. The van der Waals surface area contributed by atoms with Gasteiger partial charge in [0.1, 0.15) is 0 Å². The minimum Gasteiger partial charge on any atom is -0.380 e. The van der Waals surface area contributed by atoms with Crippen molar-refractivity contribution < 1.29 is 4.74 Å². The minimum atomic E-state index is 0.117. The highest BCUT2D eigenvalue weighted by atomic mass is 35.5. The van der Waals surface area contributed by atoms with Gasteiger partial charge in [0.05, 0.1) is 16.8 Å². The topological polar surface area (TPSA) is 24.5 Å². The van der Waals surface area contributed by atoms with E-state index in [0.29, 0.717) is 6.10 Å². The predicted octanol–water partition coefficient (Wildman–Crippen LogP) is 3.45. The van der Waals surface area contributed by atoms with Gasteiger partial charge >= 0.3 is 0 Å². The molecule has 1 aliphatic heterocycles.